The number of hydrogen-bond donors (Lipinski definition) is 0. The Balaban J connectivity index is 1.58. The highest BCUT2D eigenvalue weighted by atomic mass is 16.5. The number of benzene rings is 2. The number of morpholine rings is 1. The van der Waals surface area contributed by atoms with Crippen molar-refractivity contribution in [2.45, 2.75) is 12.8 Å². The molecule has 0 unspecified atom stereocenters. The number of fused-ring (bicyclic) bond motifs is 1. The van der Waals surface area contributed by atoms with E-state index in [2.05, 4.69) is 59.5 Å². The van der Waals surface area contributed by atoms with E-state index in [1.54, 1.807) is 0 Å². The summed E-state index contributed by atoms with van der Waals surface area (Å²) in [5, 5.41) is 0. The normalized spacial score (nSPS) is 17.2. The summed E-state index contributed by atoms with van der Waals surface area (Å²) in [6, 6.07) is 17.0. The van der Waals surface area contributed by atoms with E-state index in [0.29, 0.717) is 0 Å². The lowest BCUT2D eigenvalue weighted by Crippen LogP contribution is -2.38. The van der Waals surface area contributed by atoms with Crippen LogP contribution in [0.15, 0.2) is 60.5 Å². The van der Waals surface area contributed by atoms with Crippen molar-refractivity contribution in [2.24, 2.45) is 0 Å². The van der Waals surface area contributed by atoms with Gasteiger partial charge in [-0.25, -0.2) is 0 Å². The van der Waals surface area contributed by atoms with E-state index in [1.165, 1.54) is 16.7 Å². The van der Waals surface area contributed by atoms with Crippen molar-refractivity contribution in [3.05, 3.63) is 77.2 Å². The largest absolute Gasteiger partial charge is 0.441 e. The minimum absolute atomic E-state index is 0.777. The van der Waals surface area contributed by atoms with Crippen LogP contribution in [0.25, 0.3) is 0 Å². The van der Waals surface area contributed by atoms with Gasteiger partial charge in [-0.2, -0.15) is 0 Å². The van der Waals surface area contributed by atoms with Gasteiger partial charge in [-0.15, -0.1) is 0 Å². The highest BCUT2D eigenvalue weighted by Gasteiger charge is 2.21. The highest BCUT2D eigenvalue weighted by Crippen LogP contribution is 2.33. The maximum absolute atomic E-state index is 6.31. The summed E-state index contributed by atoms with van der Waals surface area (Å²) in [6.45, 7) is 3.36. The molecule has 2 aromatic rings. The molecule has 4 rings (SSSR count). The smallest absolute Gasteiger partial charge is 0.192 e. The van der Waals surface area contributed by atoms with Crippen molar-refractivity contribution < 1.29 is 9.47 Å². The molecule has 0 radical (unpaired) electrons. The highest BCUT2D eigenvalue weighted by molar-refractivity contribution is 5.47. The van der Waals surface area contributed by atoms with Gasteiger partial charge < -0.3 is 14.4 Å². The quantitative estimate of drug-likeness (QED) is 0.867. The molecule has 0 bridgehead atoms. The third kappa shape index (κ3) is 3.10. The molecular weight excluding hydrogens is 286 g/mol. The molecule has 0 amide bonds. The van der Waals surface area contributed by atoms with Gasteiger partial charge in [0, 0.05) is 19.5 Å². The summed E-state index contributed by atoms with van der Waals surface area (Å²) in [4.78, 5) is 2.28. The summed E-state index contributed by atoms with van der Waals surface area (Å²) in [6.07, 6.45) is 4.03. The monoisotopic (exact) mass is 307 g/mol. The average molecular weight is 307 g/mol. The van der Waals surface area contributed by atoms with Gasteiger partial charge in [-0.3, -0.25) is 0 Å². The zero-order chi connectivity index (χ0) is 15.5. The third-order valence-electron chi connectivity index (χ3n) is 4.44. The fourth-order valence-corrected chi connectivity index (χ4v) is 3.21. The van der Waals surface area contributed by atoms with Crippen LogP contribution in [-0.2, 0) is 17.6 Å². The summed E-state index contributed by atoms with van der Waals surface area (Å²) >= 11 is 0. The molecule has 3 heteroatoms. The second kappa shape index (κ2) is 6.47. The lowest BCUT2D eigenvalue weighted by Gasteiger charge is -2.33. The van der Waals surface area contributed by atoms with Crippen LogP contribution < -0.4 is 4.74 Å². The van der Waals surface area contributed by atoms with Crippen molar-refractivity contribution in [3.8, 4) is 5.75 Å². The van der Waals surface area contributed by atoms with Gasteiger partial charge in [-0.1, -0.05) is 48.5 Å². The predicted molar refractivity (Wildman–Crippen MR) is 90.5 cm³/mol. The minimum atomic E-state index is 0.777. The number of rotatable bonds is 3. The van der Waals surface area contributed by atoms with E-state index in [4.69, 9.17) is 9.47 Å². The van der Waals surface area contributed by atoms with E-state index >= 15 is 0 Å². The molecule has 2 heterocycles. The fraction of sp³-hybridized carbons (Fsp3) is 0.300. The van der Waals surface area contributed by atoms with Crippen LogP contribution in [0.2, 0.25) is 0 Å². The first-order chi connectivity index (χ1) is 11.4. The van der Waals surface area contributed by atoms with Gasteiger partial charge in [-0.05, 0) is 29.2 Å². The number of para-hydroxylation sites is 1. The molecule has 2 aromatic carbocycles. The van der Waals surface area contributed by atoms with Gasteiger partial charge in [0.1, 0.15) is 5.75 Å². The SMILES string of the molecule is C1=C(N2CCOCC2)Oc2c(cccc2Cc2ccccc2)C1. The van der Waals surface area contributed by atoms with Crippen LogP contribution in [-0.4, -0.2) is 31.2 Å². The van der Waals surface area contributed by atoms with E-state index in [0.717, 1.165) is 50.8 Å². The molecule has 118 valence electrons. The second-order valence-corrected chi connectivity index (χ2v) is 6.02. The van der Waals surface area contributed by atoms with Gasteiger partial charge >= 0.3 is 0 Å². The molecule has 1 fully saturated rings. The van der Waals surface area contributed by atoms with Gasteiger partial charge in [0.25, 0.3) is 0 Å². The Morgan fingerprint density at radius 3 is 2.57 bits per heavy atom. The molecule has 0 aromatic heterocycles. The van der Waals surface area contributed by atoms with Crippen LogP contribution in [0, 0.1) is 0 Å². The Morgan fingerprint density at radius 1 is 0.913 bits per heavy atom. The van der Waals surface area contributed by atoms with E-state index in [1.807, 2.05) is 0 Å². The lowest BCUT2D eigenvalue weighted by molar-refractivity contribution is 0.0338. The zero-order valence-electron chi connectivity index (χ0n) is 13.2. The molecular formula is C20H21NO2. The molecule has 2 aliphatic rings. The predicted octanol–water partition coefficient (Wildman–Crippen LogP) is 3.39. The number of nitrogens with zero attached hydrogens (tertiary/aromatic N) is 1. The van der Waals surface area contributed by atoms with Gasteiger partial charge in [0.2, 0.25) is 0 Å². The molecule has 0 saturated carbocycles. The Morgan fingerprint density at radius 2 is 1.74 bits per heavy atom. The molecule has 0 aliphatic carbocycles. The molecule has 0 N–H and O–H groups in total. The Hall–Kier alpha value is -2.26. The summed E-state index contributed by atoms with van der Waals surface area (Å²) < 4.78 is 11.7. The Bertz CT molecular complexity index is 703. The zero-order valence-corrected chi connectivity index (χ0v) is 13.2. The van der Waals surface area contributed by atoms with Crippen molar-refractivity contribution in [2.75, 3.05) is 26.3 Å². The standard InChI is InChI=1S/C20H21NO2/c1-2-5-16(6-3-1)15-18-8-4-7-17-9-10-19(23-20(17)18)21-11-13-22-14-12-21/h1-8,10H,9,11-15H2. The maximum atomic E-state index is 6.31. The topological polar surface area (TPSA) is 21.7 Å². The number of hydrogen-bond acceptors (Lipinski definition) is 3. The second-order valence-electron chi connectivity index (χ2n) is 6.02. The summed E-state index contributed by atoms with van der Waals surface area (Å²) in [7, 11) is 0. The first-order valence-corrected chi connectivity index (χ1v) is 8.25. The number of ether oxygens (including phenoxy) is 2. The first kappa shape index (κ1) is 14.3. The minimum Gasteiger partial charge on any atom is -0.441 e. The number of allylic oxidation sites excluding steroid dienone is 1. The Labute approximate surface area is 137 Å². The molecule has 23 heavy (non-hydrogen) atoms. The van der Waals surface area contributed by atoms with Crippen molar-refractivity contribution in [1.82, 2.24) is 4.90 Å². The molecule has 0 spiro atoms. The summed E-state index contributed by atoms with van der Waals surface area (Å²) in [5.41, 5.74) is 3.84. The van der Waals surface area contributed by atoms with Crippen LogP contribution in [0.3, 0.4) is 0 Å². The van der Waals surface area contributed by atoms with E-state index in [9.17, 15) is 0 Å². The van der Waals surface area contributed by atoms with E-state index in [-0.39, 0.29) is 0 Å². The van der Waals surface area contributed by atoms with Crippen LogP contribution in [0.4, 0.5) is 0 Å². The summed E-state index contributed by atoms with van der Waals surface area (Å²) in [5.74, 6) is 2.03. The molecule has 1 saturated heterocycles. The van der Waals surface area contributed by atoms with Crippen LogP contribution in [0.5, 0.6) is 5.75 Å². The van der Waals surface area contributed by atoms with E-state index < -0.39 is 0 Å². The van der Waals surface area contributed by atoms with Gasteiger partial charge in [0.15, 0.2) is 5.88 Å². The first-order valence-electron chi connectivity index (χ1n) is 8.25. The van der Waals surface area contributed by atoms with Crippen molar-refractivity contribution in [3.63, 3.8) is 0 Å². The fourth-order valence-electron chi connectivity index (χ4n) is 3.21. The lowest BCUT2D eigenvalue weighted by atomic mass is 9.99. The van der Waals surface area contributed by atoms with Crippen molar-refractivity contribution >= 4 is 0 Å². The van der Waals surface area contributed by atoms with Gasteiger partial charge in [0.05, 0.1) is 13.2 Å². The van der Waals surface area contributed by atoms with Crippen LogP contribution >= 0.6 is 0 Å². The third-order valence-corrected chi connectivity index (χ3v) is 4.44. The van der Waals surface area contributed by atoms with Crippen LogP contribution in [0.1, 0.15) is 16.7 Å². The maximum Gasteiger partial charge on any atom is 0.192 e. The average Bonchev–Trinajstić information content (AvgIpc) is 2.63. The molecule has 2 aliphatic heterocycles. The molecule has 0 atom stereocenters. The Kier molecular flexibility index (Phi) is 4.03. The molecule has 3 nitrogen and oxygen atoms in total. The van der Waals surface area contributed by atoms with Crippen molar-refractivity contribution in [1.29, 1.82) is 0 Å².